The maximum atomic E-state index is 14.6. The van der Waals surface area contributed by atoms with Crippen LogP contribution in [-0.4, -0.2) is 36.0 Å². The molecule has 4 atom stereocenters. The lowest BCUT2D eigenvalue weighted by molar-refractivity contribution is 0.361. The molecule has 2 unspecified atom stereocenters. The Morgan fingerprint density at radius 1 is 1.32 bits per heavy atom. The zero-order valence-corrected chi connectivity index (χ0v) is 16.7. The summed E-state index contributed by atoms with van der Waals surface area (Å²) >= 11 is 0. The van der Waals surface area contributed by atoms with Crippen molar-refractivity contribution in [2.24, 2.45) is 11.8 Å². The van der Waals surface area contributed by atoms with Crippen molar-refractivity contribution in [1.29, 1.82) is 0 Å². The van der Waals surface area contributed by atoms with Gasteiger partial charge in [-0.15, -0.1) is 5.10 Å². The van der Waals surface area contributed by atoms with Crippen molar-refractivity contribution in [3.63, 3.8) is 0 Å². The number of fused-ring (bicyclic) bond motifs is 1. The van der Waals surface area contributed by atoms with E-state index in [4.69, 9.17) is 4.42 Å². The number of nitrogens with zero attached hydrogens (tertiary/aromatic N) is 2. The van der Waals surface area contributed by atoms with E-state index in [1.165, 1.54) is 10.4 Å². The van der Waals surface area contributed by atoms with Crippen LogP contribution >= 0.6 is 0 Å². The van der Waals surface area contributed by atoms with Crippen LogP contribution in [0.25, 0.3) is 0 Å². The van der Waals surface area contributed by atoms with Crippen molar-refractivity contribution >= 4 is 10.2 Å². The summed E-state index contributed by atoms with van der Waals surface area (Å²) in [7, 11) is -3.84. The predicted octanol–water partition coefficient (Wildman–Crippen LogP) is 1.75. The summed E-state index contributed by atoms with van der Waals surface area (Å²) in [6.07, 6.45) is 1.06. The highest BCUT2D eigenvalue weighted by atomic mass is 32.2. The van der Waals surface area contributed by atoms with Gasteiger partial charge < -0.3 is 4.42 Å². The van der Waals surface area contributed by atoms with Crippen LogP contribution in [0.3, 0.4) is 0 Å². The average molecular weight is 410 g/mol. The lowest BCUT2D eigenvalue weighted by atomic mass is 9.88. The minimum absolute atomic E-state index is 0.120. The van der Waals surface area contributed by atoms with E-state index in [1.54, 1.807) is 19.9 Å². The summed E-state index contributed by atoms with van der Waals surface area (Å²) in [5, 5.41) is 5.96. The second-order valence-electron chi connectivity index (χ2n) is 7.82. The molecule has 1 saturated carbocycles. The molecule has 0 amide bonds. The van der Waals surface area contributed by atoms with E-state index in [0.29, 0.717) is 30.5 Å². The predicted molar refractivity (Wildman–Crippen MR) is 99.4 cm³/mol. The van der Waals surface area contributed by atoms with E-state index < -0.39 is 33.7 Å². The van der Waals surface area contributed by atoms with Crippen LogP contribution in [0, 0.1) is 31.5 Å². The molecule has 1 saturated heterocycles. The number of aromatic amines is 1. The van der Waals surface area contributed by atoms with E-state index >= 15 is 0 Å². The first kappa shape index (κ1) is 19.3. The number of rotatable bonds is 6. The van der Waals surface area contributed by atoms with E-state index in [0.717, 1.165) is 17.5 Å². The number of aromatic nitrogens is 2. The van der Waals surface area contributed by atoms with Crippen molar-refractivity contribution in [2.75, 3.05) is 13.1 Å². The molecule has 0 bridgehead atoms. The number of aryl methyl sites for hydroxylation is 1. The maximum absolute atomic E-state index is 14.6. The van der Waals surface area contributed by atoms with Gasteiger partial charge in [-0.2, -0.15) is 17.4 Å². The topological polar surface area (TPSA) is 108 Å². The van der Waals surface area contributed by atoms with E-state index in [2.05, 4.69) is 14.9 Å². The maximum Gasteiger partial charge on any atom is 0.434 e. The Bertz CT molecular complexity index is 1050. The third-order valence-corrected chi connectivity index (χ3v) is 7.50. The van der Waals surface area contributed by atoms with Gasteiger partial charge in [0.15, 0.2) is 0 Å². The summed E-state index contributed by atoms with van der Waals surface area (Å²) in [5.41, 5.74) is 1.97. The van der Waals surface area contributed by atoms with Gasteiger partial charge in [-0.3, -0.25) is 0 Å². The highest BCUT2D eigenvalue weighted by Crippen LogP contribution is 2.46. The second-order valence-corrected chi connectivity index (χ2v) is 9.52. The lowest BCUT2D eigenvalue weighted by Crippen LogP contribution is -2.43. The van der Waals surface area contributed by atoms with Gasteiger partial charge in [-0.25, -0.2) is 14.3 Å². The van der Waals surface area contributed by atoms with Crippen molar-refractivity contribution in [1.82, 2.24) is 19.2 Å². The molecule has 1 aliphatic carbocycles. The van der Waals surface area contributed by atoms with Crippen molar-refractivity contribution in [3.8, 4) is 0 Å². The summed E-state index contributed by atoms with van der Waals surface area (Å²) in [4.78, 5) is 11.5. The number of piperidine rings is 1. The number of nitrogens with one attached hydrogen (secondary N) is 2. The van der Waals surface area contributed by atoms with Gasteiger partial charge in [0.2, 0.25) is 5.89 Å². The van der Waals surface area contributed by atoms with E-state index in [9.17, 15) is 17.6 Å². The standard InChI is InChI=1S/C18H23FN4O4S/c1-9-4-5-14(19)15(10(9)2)11(3)16(17-20-21-18(24)27-17)22-28(25,26)23-7-12-6-13(12)8-23/h4-5,11-13,16,22H,6-8H2,1-3H3,(H,21,24)/t11-,12?,13?,16-/m0/s1. The average Bonchev–Trinajstić information content (AvgIpc) is 3.02. The molecule has 2 heterocycles. The van der Waals surface area contributed by atoms with Crippen molar-refractivity contribution < 1.29 is 17.2 Å². The highest BCUT2D eigenvalue weighted by molar-refractivity contribution is 7.87. The molecule has 2 aliphatic rings. The molecule has 0 spiro atoms. The molecule has 10 heteroatoms. The van der Waals surface area contributed by atoms with Crippen LogP contribution in [0.15, 0.2) is 21.3 Å². The van der Waals surface area contributed by atoms with Crippen LogP contribution in [0.4, 0.5) is 4.39 Å². The van der Waals surface area contributed by atoms with Gasteiger partial charge in [-0.05, 0) is 54.9 Å². The Morgan fingerprint density at radius 2 is 2.00 bits per heavy atom. The van der Waals surface area contributed by atoms with Gasteiger partial charge in [0.1, 0.15) is 11.9 Å². The molecule has 2 aromatic rings. The minimum atomic E-state index is -3.84. The largest absolute Gasteiger partial charge is 0.434 e. The molecule has 1 aromatic heterocycles. The van der Waals surface area contributed by atoms with Crippen LogP contribution in [-0.2, 0) is 10.2 Å². The normalized spacial score (nSPS) is 24.1. The number of benzene rings is 1. The first-order valence-electron chi connectivity index (χ1n) is 9.25. The Morgan fingerprint density at radius 3 is 2.61 bits per heavy atom. The molecule has 8 nitrogen and oxygen atoms in total. The SMILES string of the molecule is Cc1ccc(F)c([C@H](C)[C@H](NS(=O)(=O)N2CC3CC3C2)c2n[nH]c(=O)o2)c1C. The molecule has 0 radical (unpaired) electrons. The van der Waals surface area contributed by atoms with Crippen LogP contribution < -0.4 is 10.5 Å². The molecule has 2 fully saturated rings. The molecule has 1 aliphatic heterocycles. The second kappa shape index (κ2) is 6.78. The quantitative estimate of drug-likeness (QED) is 0.754. The minimum Gasteiger partial charge on any atom is -0.391 e. The Balaban J connectivity index is 1.70. The number of hydrogen-bond donors (Lipinski definition) is 2. The fraction of sp³-hybridized carbons (Fsp3) is 0.556. The van der Waals surface area contributed by atoms with Gasteiger partial charge in [-0.1, -0.05) is 13.0 Å². The van der Waals surface area contributed by atoms with Gasteiger partial charge in [0.05, 0.1) is 0 Å². The first-order valence-corrected chi connectivity index (χ1v) is 10.7. The Kier molecular flexibility index (Phi) is 4.67. The summed E-state index contributed by atoms with van der Waals surface area (Å²) in [6, 6.07) is 2.00. The van der Waals surface area contributed by atoms with Crippen molar-refractivity contribution in [2.45, 2.75) is 39.2 Å². The first-order chi connectivity index (χ1) is 13.2. The molecular formula is C18H23FN4O4S. The van der Waals surface area contributed by atoms with Crippen LogP contribution in [0.5, 0.6) is 0 Å². The summed E-state index contributed by atoms with van der Waals surface area (Å²) in [5.74, 6) is -1.17. The number of halogens is 1. The van der Waals surface area contributed by atoms with E-state index in [-0.39, 0.29) is 5.89 Å². The zero-order valence-electron chi connectivity index (χ0n) is 15.9. The fourth-order valence-electron chi connectivity index (χ4n) is 4.06. The van der Waals surface area contributed by atoms with Gasteiger partial charge in [0, 0.05) is 19.0 Å². The Labute approximate surface area is 162 Å². The zero-order chi connectivity index (χ0) is 20.2. The third-order valence-electron chi connectivity index (χ3n) is 5.97. The van der Waals surface area contributed by atoms with Crippen LogP contribution in [0.2, 0.25) is 0 Å². The van der Waals surface area contributed by atoms with Crippen LogP contribution in [0.1, 0.15) is 47.9 Å². The monoisotopic (exact) mass is 410 g/mol. The highest BCUT2D eigenvalue weighted by Gasteiger charge is 2.49. The molecular weight excluding hydrogens is 387 g/mol. The molecule has 152 valence electrons. The van der Waals surface area contributed by atoms with Gasteiger partial charge >= 0.3 is 5.76 Å². The summed E-state index contributed by atoms with van der Waals surface area (Å²) < 4.78 is 49.5. The lowest BCUT2D eigenvalue weighted by Gasteiger charge is -2.27. The molecule has 4 rings (SSSR count). The van der Waals surface area contributed by atoms with Gasteiger partial charge in [0.25, 0.3) is 10.2 Å². The number of hydrogen-bond acceptors (Lipinski definition) is 5. The Hall–Kier alpha value is -2.04. The molecule has 28 heavy (non-hydrogen) atoms. The molecule has 2 N–H and O–H groups in total. The van der Waals surface area contributed by atoms with E-state index in [1.807, 2.05) is 6.92 Å². The fourth-order valence-corrected chi connectivity index (χ4v) is 5.61. The number of H-pyrrole nitrogens is 1. The summed E-state index contributed by atoms with van der Waals surface area (Å²) in [6.45, 7) is 6.28. The van der Waals surface area contributed by atoms with Crippen molar-refractivity contribution in [3.05, 3.63) is 51.1 Å². The smallest absolute Gasteiger partial charge is 0.391 e. The molecule has 1 aromatic carbocycles. The third kappa shape index (κ3) is 3.40.